The molecule has 0 unspecified atom stereocenters. The van der Waals surface area contributed by atoms with Crippen molar-refractivity contribution in [3.8, 4) is 0 Å². The van der Waals surface area contributed by atoms with Crippen molar-refractivity contribution in [2.45, 2.75) is 6.54 Å². The fourth-order valence-corrected chi connectivity index (χ4v) is 4.39. The lowest BCUT2D eigenvalue weighted by atomic mass is 10.1. The van der Waals surface area contributed by atoms with Gasteiger partial charge in [0, 0.05) is 24.2 Å². The van der Waals surface area contributed by atoms with E-state index in [1.807, 2.05) is 36.4 Å². The zero-order valence-corrected chi connectivity index (χ0v) is 20.3. The monoisotopic (exact) mass is 498 g/mol. The maximum Gasteiger partial charge on any atom is 0.340 e. The number of hydrogen-bond donors (Lipinski definition) is 1. The number of fused-ring (bicyclic) bond motifs is 1. The zero-order chi connectivity index (χ0) is 25.8. The molecule has 37 heavy (non-hydrogen) atoms. The molecule has 1 aromatic heterocycles. The number of amides is 1. The standard InChI is InChI=1S/C28H26N4O5/c1-36-28(35)23-17-20(31-13-15-37-16-14-31)11-12-24(23)29-26(33)25-21-9-5-6-10-22(21)27(34)32(30-25)18-19-7-3-2-4-8-19/h2-12,17H,13-16,18H2,1H3,(H,29,33). The molecule has 1 saturated heterocycles. The van der Waals surface area contributed by atoms with Crippen LogP contribution in [0, 0.1) is 0 Å². The Kier molecular flexibility index (Phi) is 6.96. The van der Waals surface area contributed by atoms with Gasteiger partial charge in [0.05, 0.1) is 43.5 Å². The van der Waals surface area contributed by atoms with Gasteiger partial charge >= 0.3 is 5.97 Å². The first-order valence-electron chi connectivity index (χ1n) is 12.0. The van der Waals surface area contributed by atoms with Crippen molar-refractivity contribution >= 4 is 34.0 Å². The van der Waals surface area contributed by atoms with Crippen LogP contribution >= 0.6 is 0 Å². The third kappa shape index (κ3) is 5.07. The average molecular weight is 499 g/mol. The minimum atomic E-state index is -0.572. The molecule has 0 saturated carbocycles. The van der Waals surface area contributed by atoms with Crippen LogP contribution < -0.4 is 15.8 Å². The minimum absolute atomic E-state index is 0.0826. The first kappa shape index (κ1) is 24.2. The molecule has 4 aromatic rings. The summed E-state index contributed by atoms with van der Waals surface area (Å²) in [6.07, 6.45) is 0. The molecule has 3 aromatic carbocycles. The maximum atomic E-state index is 13.5. The lowest BCUT2D eigenvalue weighted by Gasteiger charge is -2.29. The topological polar surface area (TPSA) is 103 Å². The van der Waals surface area contributed by atoms with E-state index in [1.54, 1.807) is 36.4 Å². The number of benzene rings is 3. The van der Waals surface area contributed by atoms with Crippen LogP contribution in [-0.2, 0) is 16.0 Å². The molecular weight excluding hydrogens is 472 g/mol. The molecule has 9 nitrogen and oxygen atoms in total. The van der Waals surface area contributed by atoms with Crippen LogP contribution in [0.15, 0.2) is 77.6 Å². The molecule has 1 aliphatic rings. The molecule has 1 fully saturated rings. The Bertz CT molecular complexity index is 1510. The number of nitrogens with one attached hydrogen (secondary N) is 1. The van der Waals surface area contributed by atoms with E-state index in [0.717, 1.165) is 11.3 Å². The normalized spacial score (nSPS) is 13.4. The third-order valence-corrected chi connectivity index (χ3v) is 6.29. The number of anilines is 2. The Morgan fingerprint density at radius 3 is 2.41 bits per heavy atom. The van der Waals surface area contributed by atoms with Crippen LogP contribution in [0.1, 0.15) is 26.4 Å². The fourth-order valence-electron chi connectivity index (χ4n) is 4.39. The van der Waals surface area contributed by atoms with E-state index in [1.165, 1.54) is 11.8 Å². The summed E-state index contributed by atoms with van der Waals surface area (Å²) >= 11 is 0. The van der Waals surface area contributed by atoms with Gasteiger partial charge in [0.2, 0.25) is 0 Å². The summed E-state index contributed by atoms with van der Waals surface area (Å²) in [4.78, 5) is 41.4. The number of methoxy groups -OCH3 is 1. The lowest BCUT2D eigenvalue weighted by molar-refractivity contribution is 0.0602. The second-order valence-corrected chi connectivity index (χ2v) is 8.62. The Labute approximate surface area is 213 Å². The van der Waals surface area contributed by atoms with Crippen molar-refractivity contribution in [2.75, 3.05) is 43.6 Å². The van der Waals surface area contributed by atoms with Gasteiger partial charge in [-0.1, -0.05) is 48.5 Å². The van der Waals surface area contributed by atoms with E-state index in [-0.39, 0.29) is 23.4 Å². The van der Waals surface area contributed by atoms with Gasteiger partial charge < -0.3 is 19.7 Å². The largest absolute Gasteiger partial charge is 0.465 e. The minimum Gasteiger partial charge on any atom is -0.465 e. The Hall–Kier alpha value is -4.50. The number of morpholine rings is 1. The van der Waals surface area contributed by atoms with E-state index in [4.69, 9.17) is 9.47 Å². The first-order valence-corrected chi connectivity index (χ1v) is 12.0. The van der Waals surface area contributed by atoms with E-state index in [0.29, 0.717) is 42.8 Å². The molecular formula is C28H26N4O5. The summed E-state index contributed by atoms with van der Waals surface area (Å²) < 4.78 is 11.7. The van der Waals surface area contributed by atoms with Crippen LogP contribution in [0.2, 0.25) is 0 Å². The van der Waals surface area contributed by atoms with Crippen LogP contribution in [0.3, 0.4) is 0 Å². The van der Waals surface area contributed by atoms with Gasteiger partial charge in [-0.05, 0) is 29.8 Å². The SMILES string of the molecule is COC(=O)c1cc(N2CCOCC2)ccc1NC(=O)c1nn(Cc2ccccc2)c(=O)c2ccccc12. The van der Waals surface area contributed by atoms with E-state index in [2.05, 4.69) is 15.3 Å². The Morgan fingerprint density at radius 1 is 0.973 bits per heavy atom. The van der Waals surface area contributed by atoms with Gasteiger partial charge in [0.15, 0.2) is 5.69 Å². The number of aromatic nitrogens is 2. The van der Waals surface area contributed by atoms with Gasteiger partial charge in [-0.2, -0.15) is 5.10 Å². The molecule has 0 bridgehead atoms. The highest BCUT2D eigenvalue weighted by Crippen LogP contribution is 2.26. The smallest absolute Gasteiger partial charge is 0.340 e. The van der Waals surface area contributed by atoms with E-state index in [9.17, 15) is 14.4 Å². The second kappa shape index (κ2) is 10.6. The fraction of sp³-hybridized carbons (Fsp3) is 0.214. The Morgan fingerprint density at radius 2 is 1.68 bits per heavy atom. The van der Waals surface area contributed by atoms with Crippen molar-refractivity contribution in [2.24, 2.45) is 0 Å². The molecule has 0 atom stereocenters. The van der Waals surface area contributed by atoms with Crippen molar-refractivity contribution in [3.63, 3.8) is 0 Å². The van der Waals surface area contributed by atoms with E-state index < -0.39 is 11.9 Å². The Balaban J connectivity index is 1.52. The molecule has 0 spiro atoms. The van der Waals surface area contributed by atoms with Crippen LogP contribution in [-0.4, -0.2) is 55.1 Å². The van der Waals surface area contributed by atoms with Crippen molar-refractivity contribution in [1.29, 1.82) is 0 Å². The number of ether oxygens (including phenoxy) is 2. The second-order valence-electron chi connectivity index (χ2n) is 8.62. The number of esters is 1. The molecule has 1 aliphatic heterocycles. The maximum absolute atomic E-state index is 13.5. The van der Waals surface area contributed by atoms with Gasteiger partial charge in [-0.3, -0.25) is 9.59 Å². The summed E-state index contributed by atoms with van der Waals surface area (Å²) in [6, 6.07) is 21.5. The van der Waals surface area contributed by atoms with Crippen molar-refractivity contribution in [1.82, 2.24) is 9.78 Å². The lowest BCUT2D eigenvalue weighted by Crippen LogP contribution is -2.36. The van der Waals surface area contributed by atoms with Crippen LogP contribution in [0.25, 0.3) is 10.8 Å². The number of carbonyl (C=O) groups excluding carboxylic acids is 2. The summed E-state index contributed by atoms with van der Waals surface area (Å²) in [5, 5.41) is 8.06. The quantitative estimate of drug-likeness (QED) is 0.407. The van der Waals surface area contributed by atoms with E-state index >= 15 is 0 Å². The van der Waals surface area contributed by atoms with Gasteiger partial charge in [-0.25, -0.2) is 9.48 Å². The highest BCUT2D eigenvalue weighted by atomic mass is 16.5. The average Bonchev–Trinajstić information content (AvgIpc) is 2.95. The molecule has 0 aliphatic carbocycles. The zero-order valence-electron chi connectivity index (χ0n) is 20.3. The number of carbonyl (C=O) groups is 2. The van der Waals surface area contributed by atoms with Crippen LogP contribution in [0.4, 0.5) is 11.4 Å². The molecule has 188 valence electrons. The van der Waals surface area contributed by atoms with Gasteiger partial charge in [0.1, 0.15) is 0 Å². The van der Waals surface area contributed by atoms with Crippen molar-refractivity contribution < 1.29 is 19.1 Å². The molecule has 2 heterocycles. The predicted octanol–water partition coefficient (Wildman–Crippen LogP) is 3.32. The predicted molar refractivity (Wildman–Crippen MR) is 140 cm³/mol. The molecule has 0 radical (unpaired) electrons. The summed E-state index contributed by atoms with van der Waals surface area (Å²) in [7, 11) is 1.30. The number of hydrogen-bond acceptors (Lipinski definition) is 7. The third-order valence-electron chi connectivity index (χ3n) is 6.29. The molecule has 5 rings (SSSR count). The molecule has 1 amide bonds. The summed E-state index contributed by atoms with van der Waals surface area (Å²) in [5.74, 6) is -1.11. The molecule has 1 N–H and O–H groups in total. The number of nitrogens with zero attached hydrogens (tertiary/aromatic N) is 3. The highest BCUT2D eigenvalue weighted by Gasteiger charge is 2.22. The number of rotatable bonds is 6. The molecule has 9 heteroatoms. The highest BCUT2D eigenvalue weighted by molar-refractivity contribution is 6.13. The first-order chi connectivity index (χ1) is 18.0. The van der Waals surface area contributed by atoms with Crippen molar-refractivity contribution in [3.05, 3.63) is 100.0 Å². The van der Waals surface area contributed by atoms with Gasteiger partial charge in [-0.15, -0.1) is 0 Å². The summed E-state index contributed by atoms with van der Waals surface area (Å²) in [5.41, 5.74) is 2.02. The summed E-state index contributed by atoms with van der Waals surface area (Å²) in [6.45, 7) is 2.82. The van der Waals surface area contributed by atoms with Crippen LogP contribution in [0.5, 0.6) is 0 Å². The van der Waals surface area contributed by atoms with Gasteiger partial charge in [0.25, 0.3) is 11.5 Å².